The Balaban J connectivity index is 1.45. The molecule has 0 heterocycles. The Morgan fingerprint density at radius 3 is 2.00 bits per heavy atom. The molecule has 0 aromatic carbocycles. The number of rotatable bonds is 6. The van der Waals surface area contributed by atoms with Crippen molar-refractivity contribution in [3.8, 4) is 0 Å². The summed E-state index contributed by atoms with van der Waals surface area (Å²) >= 11 is 0. The van der Waals surface area contributed by atoms with Crippen molar-refractivity contribution in [3.05, 3.63) is 0 Å². The lowest BCUT2D eigenvalue weighted by Gasteiger charge is -2.57. The molecule has 2 N–H and O–H groups in total. The summed E-state index contributed by atoms with van der Waals surface area (Å²) in [4.78, 5) is 0. The van der Waals surface area contributed by atoms with Gasteiger partial charge in [0, 0.05) is 5.54 Å². The Bertz CT molecular complexity index is 397. The average molecular weight is 287 g/mol. The predicted octanol–water partition coefficient (Wildman–Crippen LogP) is 2.21. The second kappa shape index (κ2) is 5.01. The van der Waals surface area contributed by atoms with Gasteiger partial charge in [-0.25, -0.2) is 0 Å². The van der Waals surface area contributed by atoms with Crippen LogP contribution in [0.1, 0.15) is 51.4 Å². The van der Waals surface area contributed by atoms with Gasteiger partial charge in [-0.1, -0.05) is 0 Å². The molecule has 0 unspecified atom stereocenters. The van der Waals surface area contributed by atoms with Crippen LogP contribution in [0.25, 0.3) is 0 Å². The van der Waals surface area contributed by atoms with Gasteiger partial charge in [-0.2, -0.15) is 8.42 Å². The molecule has 19 heavy (non-hydrogen) atoms. The fourth-order valence-corrected chi connectivity index (χ4v) is 5.66. The highest BCUT2D eigenvalue weighted by atomic mass is 32.2. The molecule has 4 aliphatic carbocycles. The summed E-state index contributed by atoms with van der Waals surface area (Å²) in [5, 5.41) is 3.74. The lowest BCUT2D eigenvalue weighted by molar-refractivity contribution is -0.0195. The third-order valence-electron chi connectivity index (χ3n) is 5.37. The molecule has 0 saturated heterocycles. The van der Waals surface area contributed by atoms with E-state index in [1.807, 2.05) is 0 Å². The van der Waals surface area contributed by atoms with Gasteiger partial charge < -0.3 is 5.32 Å². The molecule has 4 nitrogen and oxygen atoms in total. The first-order valence-corrected chi connectivity index (χ1v) is 9.25. The first kappa shape index (κ1) is 13.8. The van der Waals surface area contributed by atoms with Crippen molar-refractivity contribution in [3.63, 3.8) is 0 Å². The largest absolute Gasteiger partial charge is 0.311 e. The minimum atomic E-state index is -3.78. The van der Waals surface area contributed by atoms with Gasteiger partial charge in [-0.3, -0.25) is 4.55 Å². The summed E-state index contributed by atoms with van der Waals surface area (Å²) in [7, 11) is -3.78. The summed E-state index contributed by atoms with van der Waals surface area (Å²) in [6, 6.07) is 0. The minimum Gasteiger partial charge on any atom is -0.311 e. The first-order chi connectivity index (χ1) is 8.94. The Kier molecular flexibility index (Phi) is 3.65. The third kappa shape index (κ3) is 3.31. The maximum absolute atomic E-state index is 10.7. The Labute approximate surface area is 116 Å². The molecule has 4 rings (SSSR count). The van der Waals surface area contributed by atoms with Crippen molar-refractivity contribution in [2.45, 2.75) is 56.9 Å². The lowest BCUT2D eigenvalue weighted by atomic mass is 9.53. The minimum absolute atomic E-state index is 0.102. The highest BCUT2D eigenvalue weighted by Gasteiger charge is 2.50. The van der Waals surface area contributed by atoms with E-state index in [1.54, 1.807) is 0 Å². The summed E-state index contributed by atoms with van der Waals surface area (Å²) in [5.41, 5.74) is 0.368. The van der Waals surface area contributed by atoms with Gasteiger partial charge in [0.15, 0.2) is 0 Å². The van der Waals surface area contributed by atoms with Crippen LogP contribution in [0.2, 0.25) is 0 Å². The summed E-state index contributed by atoms with van der Waals surface area (Å²) in [6.07, 6.45) is 9.72. The van der Waals surface area contributed by atoms with Gasteiger partial charge in [0.05, 0.1) is 5.75 Å². The Morgan fingerprint density at radius 1 is 1.00 bits per heavy atom. The van der Waals surface area contributed by atoms with E-state index in [9.17, 15) is 8.42 Å². The normalized spacial score (nSPS) is 40.8. The van der Waals surface area contributed by atoms with Crippen LogP contribution in [0.5, 0.6) is 0 Å². The molecule has 0 aromatic heterocycles. The van der Waals surface area contributed by atoms with Gasteiger partial charge in [0.25, 0.3) is 10.1 Å². The molecule has 0 atom stereocenters. The van der Waals surface area contributed by atoms with E-state index in [-0.39, 0.29) is 5.75 Å². The van der Waals surface area contributed by atoms with Crippen molar-refractivity contribution in [2.24, 2.45) is 17.8 Å². The number of unbranched alkanes of at least 4 members (excludes halogenated alkanes) is 1. The SMILES string of the molecule is O=S(=O)(O)CCCCNC12CC3C[C@H](C1)C[C@@H](C3)C2. The molecular weight excluding hydrogens is 262 g/mol. The fourth-order valence-electron chi connectivity index (χ4n) is 5.09. The van der Waals surface area contributed by atoms with Crippen molar-refractivity contribution in [1.82, 2.24) is 5.32 Å². The zero-order valence-corrected chi connectivity index (χ0v) is 12.3. The maximum atomic E-state index is 10.7. The van der Waals surface area contributed by atoms with Crippen molar-refractivity contribution < 1.29 is 13.0 Å². The molecule has 0 aromatic rings. The Morgan fingerprint density at radius 2 is 1.53 bits per heavy atom. The van der Waals surface area contributed by atoms with Gasteiger partial charge in [0.1, 0.15) is 0 Å². The molecule has 5 heteroatoms. The number of nitrogens with one attached hydrogen (secondary N) is 1. The van der Waals surface area contributed by atoms with Crippen molar-refractivity contribution in [1.29, 1.82) is 0 Å². The zero-order valence-electron chi connectivity index (χ0n) is 11.5. The smallest absolute Gasteiger partial charge is 0.264 e. The van der Waals surface area contributed by atoms with E-state index in [0.29, 0.717) is 12.0 Å². The highest BCUT2D eigenvalue weighted by molar-refractivity contribution is 7.85. The molecule has 0 aliphatic heterocycles. The topological polar surface area (TPSA) is 66.4 Å². The second-order valence-electron chi connectivity index (χ2n) is 7.12. The molecule has 4 saturated carbocycles. The third-order valence-corrected chi connectivity index (χ3v) is 6.17. The van der Waals surface area contributed by atoms with E-state index < -0.39 is 10.1 Å². The summed E-state index contributed by atoms with van der Waals surface area (Å²) < 4.78 is 30.0. The van der Waals surface area contributed by atoms with Crippen LogP contribution >= 0.6 is 0 Å². The molecule has 0 amide bonds. The fraction of sp³-hybridized carbons (Fsp3) is 1.00. The summed E-state index contributed by atoms with van der Waals surface area (Å²) in [5.74, 6) is 2.72. The highest BCUT2D eigenvalue weighted by Crippen LogP contribution is 2.55. The lowest BCUT2D eigenvalue weighted by Crippen LogP contribution is -2.58. The average Bonchev–Trinajstić information content (AvgIpc) is 2.24. The molecule has 4 bridgehead atoms. The van der Waals surface area contributed by atoms with Crippen molar-refractivity contribution in [2.75, 3.05) is 12.3 Å². The second-order valence-corrected chi connectivity index (χ2v) is 8.69. The van der Waals surface area contributed by atoms with Crippen LogP contribution in [0.3, 0.4) is 0 Å². The quantitative estimate of drug-likeness (QED) is 0.580. The van der Waals surface area contributed by atoms with Gasteiger partial charge in [0.2, 0.25) is 0 Å². The van der Waals surface area contributed by atoms with Crippen LogP contribution in [-0.2, 0) is 10.1 Å². The van der Waals surface area contributed by atoms with Crippen LogP contribution in [0.4, 0.5) is 0 Å². The summed E-state index contributed by atoms with van der Waals surface area (Å²) in [6.45, 7) is 0.891. The van der Waals surface area contributed by atoms with E-state index >= 15 is 0 Å². The van der Waals surface area contributed by atoms with Gasteiger partial charge in [-0.05, 0) is 75.7 Å². The van der Waals surface area contributed by atoms with Crippen LogP contribution < -0.4 is 5.32 Å². The number of hydrogen-bond donors (Lipinski definition) is 2. The molecule has 0 spiro atoms. The van der Waals surface area contributed by atoms with E-state index in [1.165, 1.54) is 38.5 Å². The first-order valence-electron chi connectivity index (χ1n) is 7.64. The number of hydrogen-bond acceptors (Lipinski definition) is 3. The van der Waals surface area contributed by atoms with E-state index in [2.05, 4.69) is 5.32 Å². The zero-order chi connectivity index (χ0) is 13.5. The molecule has 0 radical (unpaired) electrons. The molecule has 4 aliphatic rings. The van der Waals surface area contributed by atoms with Crippen LogP contribution in [0.15, 0.2) is 0 Å². The standard InChI is InChI=1S/C14H25NO3S/c16-19(17,18)4-2-1-3-15-14-8-11-5-12(9-14)7-13(6-11)10-14/h11-13,15H,1-10H2,(H,16,17,18)/t11-,12+,13?,14?. The molecule has 110 valence electrons. The van der Waals surface area contributed by atoms with E-state index in [0.717, 1.165) is 30.7 Å². The molecule has 4 fully saturated rings. The van der Waals surface area contributed by atoms with Crippen molar-refractivity contribution >= 4 is 10.1 Å². The van der Waals surface area contributed by atoms with Gasteiger partial charge in [-0.15, -0.1) is 0 Å². The van der Waals surface area contributed by atoms with Gasteiger partial charge >= 0.3 is 0 Å². The predicted molar refractivity (Wildman–Crippen MR) is 74.6 cm³/mol. The monoisotopic (exact) mass is 287 g/mol. The van der Waals surface area contributed by atoms with Crippen LogP contribution in [-0.4, -0.2) is 30.8 Å². The Hall–Kier alpha value is -0.130. The molecular formula is C14H25NO3S. The van der Waals surface area contributed by atoms with E-state index in [4.69, 9.17) is 4.55 Å². The maximum Gasteiger partial charge on any atom is 0.264 e. The van der Waals surface area contributed by atoms with Crippen LogP contribution in [0, 0.1) is 17.8 Å².